The Morgan fingerprint density at radius 2 is 1.71 bits per heavy atom. The fourth-order valence-electron chi connectivity index (χ4n) is 2.10. The number of sulfonamides is 2. The number of fused-ring (bicyclic) bond motifs is 1. The first-order valence-corrected chi connectivity index (χ1v) is 10.1. The minimum Gasteiger partial charge on any atom is -0.325 e. The number of amides is 1. The van der Waals surface area contributed by atoms with Crippen molar-refractivity contribution in [1.29, 1.82) is 0 Å². The SMILES string of the molecule is CS(=O)(=O)N(C=C1CC(=O)Nc2ccc(F)cc2C1=O)S(C)(=O)=O. The summed E-state index contributed by atoms with van der Waals surface area (Å²) in [5.74, 6) is -2.25. The van der Waals surface area contributed by atoms with Gasteiger partial charge in [0.25, 0.3) is 0 Å². The van der Waals surface area contributed by atoms with Crippen LogP contribution >= 0.6 is 0 Å². The third-order valence-electron chi connectivity index (χ3n) is 3.06. The van der Waals surface area contributed by atoms with Gasteiger partial charge < -0.3 is 5.32 Å². The van der Waals surface area contributed by atoms with Gasteiger partial charge in [-0.05, 0) is 18.2 Å². The van der Waals surface area contributed by atoms with Gasteiger partial charge >= 0.3 is 0 Å². The van der Waals surface area contributed by atoms with Crippen molar-refractivity contribution in [2.75, 3.05) is 17.8 Å². The molecule has 1 aliphatic rings. The number of nitrogens with one attached hydrogen (secondary N) is 1. The van der Waals surface area contributed by atoms with E-state index in [2.05, 4.69) is 5.32 Å². The van der Waals surface area contributed by atoms with Gasteiger partial charge in [-0.1, -0.05) is 0 Å². The van der Waals surface area contributed by atoms with E-state index in [4.69, 9.17) is 0 Å². The molecule has 24 heavy (non-hydrogen) atoms. The largest absolute Gasteiger partial charge is 0.325 e. The standard InChI is InChI=1S/C13H13FN2O6S2/c1-23(19,20)16(24(2,21)22)7-8-5-12(17)15-11-4-3-9(14)6-10(11)13(8)18/h3-4,6-7H,5H2,1-2H3,(H,15,17). The third-order valence-corrected chi connectivity index (χ3v) is 6.20. The molecule has 0 saturated heterocycles. The summed E-state index contributed by atoms with van der Waals surface area (Å²) in [6, 6.07) is 3.11. The molecule has 0 saturated carbocycles. The van der Waals surface area contributed by atoms with E-state index >= 15 is 0 Å². The van der Waals surface area contributed by atoms with Crippen molar-refractivity contribution in [3.63, 3.8) is 0 Å². The van der Waals surface area contributed by atoms with Crippen molar-refractivity contribution in [2.24, 2.45) is 0 Å². The van der Waals surface area contributed by atoms with E-state index in [-0.39, 0.29) is 15.0 Å². The maximum Gasteiger partial charge on any atom is 0.244 e. The van der Waals surface area contributed by atoms with Crippen molar-refractivity contribution >= 4 is 37.4 Å². The number of halogens is 1. The van der Waals surface area contributed by atoms with Gasteiger partial charge in [-0.2, -0.15) is 3.71 Å². The van der Waals surface area contributed by atoms with Gasteiger partial charge in [0, 0.05) is 17.3 Å². The highest BCUT2D eigenvalue weighted by Gasteiger charge is 2.29. The first-order valence-electron chi connectivity index (χ1n) is 6.44. The third kappa shape index (κ3) is 3.79. The molecule has 1 amide bonds. The van der Waals surface area contributed by atoms with E-state index in [0.717, 1.165) is 12.1 Å². The second kappa shape index (κ2) is 5.98. The Kier molecular flexibility index (Phi) is 4.50. The maximum atomic E-state index is 13.4. The van der Waals surface area contributed by atoms with Crippen molar-refractivity contribution in [3.8, 4) is 0 Å². The zero-order valence-electron chi connectivity index (χ0n) is 12.6. The molecule has 1 N–H and O–H groups in total. The number of hydrogen-bond donors (Lipinski definition) is 1. The molecule has 130 valence electrons. The van der Waals surface area contributed by atoms with Crippen molar-refractivity contribution in [3.05, 3.63) is 41.4 Å². The Morgan fingerprint density at radius 3 is 2.25 bits per heavy atom. The van der Waals surface area contributed by atoms with Crippen LogP contribution in [0.15, 0.2) is 30.0 Å². The van der Waals surface area contributed by atoms with Crippen molar-refractivity contribution in [2.45, 2.75) is 6.42 Å². The Balaban J connectivity index is 2.65. The summed E-state index contributed by atoms with van der Waals surface area (Å²) < 4.78 is 60.0. The molecule has 0 unspecified atom stereocenters. The first-order chi connectivity index (χ1) is 10.9. The number of carbonyl (C=O) groups excluding carboxylic acids is 2. The van der Waals surface area contributed by atoms with Gasteiger partial charge in [-0.15, -0.1) is 0 Å². The lowest BCUT2D eigenvalue weighted by Crippen LogP contribution is -2.31. The van der Waals surface area contributed by atoms with Crippen LogP contribution in [0.25, 0.3) is 0 Å². The molecule has 11 heteroatoms. The molecule has 0 bridgehead atoms. The predicted octanol–water partition coefficient (Wildman–Crippen LogP) is 0.456. The number of anilines is 1. The fraction of sp³-hybridized carbons (Fsp3) is 0.231. The summed E-state index contributed by atoms with van der Waals surface area (Å²) in [4.78, 5) is 24.3. The summed E-state index contributed by atoms with van der Waals surface area (Å²) >= 11 is 0. The number of ketones is 1. The highest BCUT2D eigenvalue weighted by molar-refractivity contribution is 8.03. The molecule has 8 nitrogen and oxygen atoms in total. The lowest BCUT2D eigenvalue weighted by Gasteiger charge is -2.16. The summed E-state index contributed by atoms with van der Waals surface area (Å²) in [5, 5.41) is 2.38. The summed E-state index contributed by atoms with van der Waals surface area (Å²) in [7, 11) is -8.50. The number of carbonyl (C=O) groups is 2. The molecule has 0 radical (unpaired) electrons. The number of rotatable bonds is 3. The van der Waals surface area contributed by atoms with Gasteiger partial charge in [0.05, 0.1) is 24.6 Å². The van der Waals surface area contributed by atoms with Crippen LogP contribution < -0.4 is 5.32 Å². The number of hydrogen-bond acceptors (Lipinski definition) is 6. The Labute approximate surface area is 138 Å². The molecular weight excluding hydrogens is 363 g/mol. The molecular formula is C13H13FN2O6S2. The number of nitrogens with zero attached hydrogens (tertiary/aromatic N) is 1. The fourth-order valence-corrected chi connectivity index (χ4v) is 4.71. The average Bonchev–Trinajstić information content (AvgIpc) is 2.52. The number of benzene rings is 1. The van der Waals surface area contributed by atoms with Crippen molar-refractivity contribution in [1.82, 2.24) is 3.71 Å². The van der Waals surface area contributed by atoms with Crippen LogP contribution in [0.3, 0.4) is 0 Å². The molecule has 1 aromatic carbocycles. The van der Waals surface area contributed by atoms with Crippen molar-refractivity contribution < 1.29 is 30.8 Å². The van der Waals surface area contributed by atoms with Gasteiger partial charge in [0.2, 0.25) is 26.0 Å². The smallest absolute Gasteiger partial charge is 0.244 e. The van der Waals surface area contributed by atoms with E-state index in [1.54, 1.807) is 0 Å². The Hall–Kier alpha value is -2.27. The summed E-state index contributed by atoms with van der Waals surface area (Å²) in [6.07, 6.45) is 1.29. The van der Waals surface area contributed by atoms with Gasteiger partial charge in [0.15, 0.2) is 5.78 Å². The van der Waals surface area contributed by atoms with Gasteiger partial charge in [0.1, 0.15) is 5.82 Å². The van der Waals surface area contributed by atoms with Crippen LogP contribution in [0.1, 0.15) is 16.8 Å². The monoisotopic (exact) mass is 376 g/mol. The highest BCUT2D eigenvalue weighted by atomic mass is 32.3. The van der Waals surface area contributed by atoms with E-state index in [1.165, 1.54) is 6.07 Å². The minimum atomic E-state index is -4.25. The van der Waals surface area contributed by atoms with Crippen LogP contribution in [-0.2, 0) is 24.8 Å². The molecule has 1 aromatic rings. The zero-order valence-corrected chi connectivity index (χ0v) is 14.2. The molecule has 0 fully saturated rings. The van der Waals surface area contributed by atoms with Gasteiger partial charge in [-0.25, -0.2) is 21.2 Å². The Bertz CT molecular complexity index is 934. The number of Topliss-reactive ketones (excluding diaryl/α,β-unsaturated/α-hetero) is 1. The molecule has 0 spiro atoms. The lowest BCUT2D eigenvalue weighted by molar-refractivity contribution is -0.115. The predicted molar refractivity (Wildman–Crippen MR) is 83.6 cm³/mol. The van der Waals surface area contributed by atoms with Crippen LogP contribution in [0.5, 0.6) is 0 Å². The second-order valence-electron chi connectivity index (χ2n) is 5.15. The molecule has 1 aliphatic heterocycles. The molecule has 0 aromatic heterocycles. The molecule has 2 rings (SSSR count). The quantitative estimate of drug-likeness (QED) is 0.766. The maximum absolute atomic E-state index is 13.4. The Morgan fingerprint density at radius 1 is 1.12 bits per heavy atom. The lowest BCUT2D eigenvalue weighted by atomic mass is 10.0. The molecule has 0 aliphatic carbocycles. The second-order valence-corrected chi connectivity index (χ2v) is 9.10. The van der Waals surface area contributed by atoms with E-state index in [1.807, 2.05) is 0 Å². The summed E-state index contributed by atoms with van der Waals surface area (Å²) in [5.41, 5.74) is -0.540. The van der Waals surface area contributed by atoms with E-state index in [9.17, 15) is 30.8 Å². The molecule has 1 heterocycles. The van der Waals surface area contributed by atoms with Crippen LogP contribution in [0, 0.1) is 5.82 Å². The summed E-state index contributed by atoms with van der Waals surface area (Å²) in [6.45, 7) is 0. The van der Waals surface area contributed by atoms with Crippen LogP contribution in [0.2, 0.25) is 0 Å². The minimum absolute atomic E-state index is 0.00477. The highest BCUT2D eigenvalue weighted by Crippen LogP contribution is 2.26. The average molecular weight is 376 g/mol. The normalized spacial score (nSPS) is 17.2. The van der Waals surface area contributed by atoms with Crippen LogP contribution in [-0.4, -0.2) is 44.7 Å². The topological polar surface area (TPSA) is 118 Å². The van der Waals surface area contributed by atoms with Gasteiger partial charge in [-0.3, -0.25) is 9.59 Å². The molecule has 0 atom stereocenters. The zero-order chi connectivity index (χ0) is 18.3. The van der Waals surface area contributed by atoms with E-state index < -0.39 is 49.5 Å². The first kappa shape index (κ1) is 18.1. The van der Waals surface area contributed by atoms with E-state index in [0.29, 0.717) is 18.7 Å². The van der Waals surface area contributed by atoms with Crippen LogP contribution in [0.4, 0.5) is 10.1 Å².